The third-order valence-electron chi connectivity index (χ3n) is 3.83. The van der Waals surface area contributed by atoms with Crippen LogP contribution < -0.4 is 5.32 Å². The van der Waals surface area contributed by atoms with Crippen LogP contribution >= 0.6 is 15.9 Å². The molecule has 3 nitrogen and oxygen atoms in total. The van der Waals surface area contributed by atoms with Crippen LogP contribution in [0.1, 0.15) is 29.6 Å². The van der Waals surface area contributed by atoms with E-state index < -0.39 is 0 Å². The van der Waals surface area contributed by atoms with Gasteiger partial charge in [-0.05, 0) is 54.3 Å². The van der Waals surface area contributed by atoms with Gasteiger partial charge in [-0.1, -0.05) is 28.1 Å². The SMILES string of the molecule is O=C(NCC1CCCCO1)c1ccc2cc(Br)ccc2c1. The topological polar surface area (TPSA) is 38.3 Å². The summed E-state index contributed by atoms with van der Waals surface area (Å²) in [6, 6.07) is 11.8. The normalized spacial score (nSPS) is 18.6. The van der Waals surface area contributed by atoms with Gasteiger partial charge in [0.2, 0.25) is 0 Å². The molecule has 0 aromatic heterocycles. The summed E-state index contributed by atoms with van der Waals surface area (Å²) in [4.78, 5) is 12.2. The second-order valence-corrected chi connectivity index (χ2v) is 6.32. The molecule has 0 radical (unpaired) electrons. The summed E-state index contributed by atoms with van der Waals surface area (Å²) in [5.74, 6) is -0.0333. The predicted molar refractivity (Wildman–Crippen MR) is 87.6 cm³/mol. The number of rotatable bonds is 3. The first kappa shape index (κ1) is 14.5. The highest BCUT2D eigenvalue weighted by molar-refractivity contribution is 9.10. The number of carbonyl (C=O) groups is 1. The van der Waals surface area contributed by atoms with Gasteiger partial charge in [-0.3, -0.25) is 4.79 Å². The molecule has 1 aliphatic heterocycles. The molecule has 2 aromatic rings. The lowest BCUT2D eigenvalue weighted by Gasteiger charge is -2.22. The maximum absolute atomic E-state index is 12.2. The molecule has 1 amide bonds. The first-order valence-corrected chi connectivity index (χ1v) is 8.11. The second-order valence-electron chi connectivity index (χ2n) is 5.40. The molecule has 1 fully saturated rings. The third-order valence-corrected chi connectivity index (χ3v) is 4.32. The zero-order valence-corrected chi connectivity index (χ0v) is 13.4. The molecule has 1 atom stereocenters. The van der Waals surface area contributed by atoms with Crippen molar-refractivity contribution in [1.82, 2.24) is 5.32 Å². The first-order valence-electron chi connectivity index (χ1n) is 7.31. The smallest absolute Gasteiger partial charge is 0.251 e. The summed E-state index contributed by atoms with van der Waals surface area (Å²) in [5.41, 5.74) is 0.695. The highest BCUT2D eigenvalue weighted by Gasteiger charge is 2.15. The molecule has 1 aliphatic rings. The molecule has 3 rings (SSSR count). The van der Waals surface area contributed by atoms with E-state index in [0.29, 0.717) is 12.1 Å². The van der Waals surface area contributed by atoms with Gasteiger partial charge in [-0.25, -0.2) is 0 Å². The average Bonchev–Trinajstić information content (AvgIpc) is 2.53. The molecule has 4 heteroatoms. The Kier molecular flexibility index (Phi) is 4.56. The van der Waals surface area contributed by atoms with Crippen molar-refractivity contribution >= 4 is 32.6 Å². The van der Waals surface area contributed by atoms with Crippen LogP contribution in [0.2, 0.25) is 0 Å². The molecular weight excluding hydrogens is 330 g/mol. The molecule has 0 saturated carbocycles. The molecule has 1 heterocycles. The fraction of sp³-hybridized carbons (Fsp3) is 0.353. The van der Waals surface area contributed by atoms with Crippen LogP contribution in [0.25, 0.3) is 10.8 Å². The van der Waals surface area contributed by atoms with Crippen LogP contribution in [0, 0.1) is 0 Å². The van der Waals surface area contributed by atoms with E-state index in [1.807, 2.05) is 36.4 Å². The summed E-state index contributed by atoms with van der Waals surface area (Å²) in [6.07, 6.45) is 3.52. The minimum atomic E-state index is -0.0333. The monoisotopic (exact) mass is 347 g/mol. The molecule has 2 aromatic carbocycles. The van der Waals surface area contributed by atoms with Gasteiger partial charge >= 0.3 is 0 Å². The highest BCUT2D eigenvalue weighted by Crippen LogP contribution is 2.21. The molecular formula is C17H18BrNO2. The highest BCUT2D eigenvalue weighted by atomic mass is 79.9. The maximum atomic E-state index is 12.2. The third kappa shape index (κ3) is 3.63. The van der Waals surface area contributed by atoms with Gasteiger partial charge in [0.05, 0.1) is 6.10 Å². The molecule has 1 saturated heterocycles. The second kappa shape index (κ2) is 6.58. The lowest BCUT2D eigenvalue weighted by Crippen LogP contribution is -2.35. The number of benzene rings is 2. The van der Waals surface area contributed by atoms with Gasteiger partial charge in [-0.2, -0.15) is 0 Å². The van der Waals surface area contributed by atoms with E-state index in [4.69, 9.17) is 4.74 Å². The Hall–Kier alpha value is -1.39. The van der Waals surface area contributed by atoms with Crippen LogP contribution in [-0.4, -0.2) is 25.2 Å². The Balaban J connectivity index is 1.67. The molecule has 0 bridgehead atoms. The van der Waals surface area contributed by atoms with Gasteiger partial charge in [0.1, 0.15) is 0 Å². The summed E-state index contributed by atoms with van der Waals surface area (Å²) in [6.45, 7) is 1.41. The summed E-state index contributed by atoms with van der Waals surface area (Å²) >= 11 is 3.46. The van der Waals surface area contributed by atoms with E-state index >= 15 is 0 Å². The van der Waals surface area contributed by atoms with Crippen LogP contribution in [0.4, 0.5) is 0 Å². The lowest BCUT2D eigenvalue weighted by molar-refractivity contribution is 0.0169. The Morgan fingerprint density at radius 1 is 1.19 bits per heavy atom. The minimum Gasteiger partial charge on any atom is -0.376 e. The minimum absolute atomic E-state index is 0.0333. The number of hydrogen-bond donors (Lipinski definition) is 1. The van der Waals surface area contributed by atoms with Crippen LogP contribution in [0.3, 0.4) is 0 Å². The molecule has 1 N–H and O–H groups in total. The van der Waals surface area contributed by atoms with Crippen molar-refractivity contribution in [3.63, 3.8) is 0 Å². The predicted octanol–water partition coefficient (Wildman–Crippen LogP) is 3.90. The number of halogens is 1. The summed E-state index contributed by atoms with van der Waals surface area (Å²) < 4.78 is 6.67. The number of ether oxygens (including phenoxy) is 1. The summed E-state index contributed by atoms with van der Waals surface area (Å²) in [7, 11) is 0. The Morgan fingerprint density at radius 2 is 2.00 bits per heavy atom. The standard InChI is InChI=1S/C17H18BrNO2/c18-15-7-6-12-9-14(5-4-13(12)10-15)17(20)19-11-16-3-1-2-8-21-16/h4-7,9-10,16H,1-3,8,11H2,(H,19,20). The van der Waals surface area contributed by atoms with Gasteiger partial charge in [-0.15, -0.1) is 0 Å². The quantitative estimate of drug-likeness (QED) is 0.914. The van der Waals surface area contributed by atoms with Gasteiger partial charge < -0.3 is 10.1 Å². The number of carbonyl (C=O) groups excluding carboxylic acids is 1. The molecule has 110 valence electrons. The van der Waals surface area contributed by atoms with Crippen molar-refractivity contribution in [2.24, 2.45) is 0 Å². The number of hydrogen-bond acceptors (Lipinski definition) is 2. The number of fused-ring (bicyclic) bond motifs is 1. The van der Waals surface area contributed by atoms with Crippen molar-refractivity contribution in [3.8, 4) is 0 Å². The van der Waals surface area contributed by atoms with Crippen LogP contribution in [0.15, 0.2) is 40.9 Å². The summed E-state index contributed by atoms with van der Waals surface area (Å²) in [5, 5.41) is 5.16. The average molecular weight is 348 g/mol. The first-order chi connectivity index (χ1) is 10.2. The molecule has 0 aliphatic carbocycles. The Labute approximate surface area is 132 Å². The Morgan fingerprint density at radius 3 is 2.81 bits per heavy atom. The van der Waals surface area contributed by atoms with Crippen molar-refractivity contribution in [1.29, 1.82) is 0 Å². The van der Waals surface area contributed by atoms with Gasteiger partial charge in [0.25, 0.3) is 5.91 Å². The molecule has 1 unspecified atom stereocenters. The zero-order valence-electron chi connectivity index (χ0n) is 11.8. The van der Waals surface area contributed by atoms with Crippen molar-refractivity contribution in [2.45, 2.75) is 25.4 Å². The van der Waals surface area contributed by atoms with E-state index in [-0.39, 0.29) is 12.0 Å². The molecule has 21 heavy (non-hydrogen) atoms. The van der Waals surface area contributed by atoms with E-state index in [1.165, 1.54) is 6.42 Å². The van der Waals surface area contributed by atoms with Crippen molar-refractivity contribution in [3.05, 3.63) is 46.4 Å². The van der Waals surface area contributed by atoms with E-state index in [0.717, 1.165) is 34.7 Å². The number of amides is 1. The van der Waals surface area contributed by atoms with E-state index in [2.05, 4.69) is 21.2 Å². The molecule has 0 spiro atoms. The fourth-order valence-corrected chi connectivity index (χ4v) is 3.01. The van der Waals surface area contributed by atoms with Gasteiger partial charge in [0.15, 0.2) is 0 Å². The maximum Gasteiger partial charge on any atom is 0.251 e. The van der Waals surface area contributed by atoms with E-state index in [9.17, 15) is 4.79 Å². The van der Waals surface area contributed by atoms with Gasteiger partial charge in [0, 0.05) is 23.2 Å². The van der Waals surface area contributed by atoms with E-state index in [1.54, 1.807) is 0 Å². The number of nitrogens with one attached hydrogen (secondary N) is 1. The van der Waals surface area contributed by atoms with Crippen LogP contribution in [0.5, 0.6) is 0 Å². The lowest BCUT2D eigenvalue weighted by atomic mass is 10.1. The van der Waals surface area contributed by atoms with Crippen molar-refractivity contribution in [2.75, 3.05) is 13.2 Å². The van der Waals surface area contributed by atoms with Crippen molar-refractivity contribution < 1.29 is 9.53 Å². The Bertz CT molecular complexity index is 650. The largest absolute Gasteiger partial charge is 0.376 e. The fourth-order valence-electron chi connectivity index (χ4n) is 2.63. The van der Waals surface area contributed by atoms with Crippen LogP contribution in [-0.2, 0) is 4.74 Å². The zero-order chi connectivity index (χ0) is 14.7.